The van der Waals surface area contributed by atoms with E-state index in [1.807, 2.05) is 0 Å². The summed E-state index contributed by atoms with van der Waals surface area (Å²) >= 11 is 5.84. The molecule has 23 heavy (non-hydrogen) atoms. The summed E-state index contributed by atoms with van der Waals surface area (Å²) in [5.74, 6) is -1.89. The van der Waals surface area contributed by atoms with Crippen molar-refractivity contribution in [1.82, 2.24) is 4.98 Å². The molecule has 6 nitrogen and oxygen atoms in total. The summed E-state index contributed by atoms with van der Waals surface area (Å²) < 4.78 is 10.0. The second-order valence-electron chi connectivity index (χ2n) is 6.51. The zero-order chi connectivity index (χ0) is 17.4. The Kier molecular flexibility index (Phi) is 4.48. The van der Waals surface area contributed by atoms with Crippen LogP contribution in [-0.2, 0) is 25.5 Å². The molecule has 1 aromatic rings. The van der Waals surface area contributed by atoms with Gasteiger partial charge in [-0.15, -0.1) is 0 Å². The molecule has 0 aliphatic heterocycles. The molecule has 0 aromatic carbocycles. The molecule has 0 bridgehead atoms. The average molecular weight is 340 g/mol. The van der Waals surface area contributed by atoms with E-state index in [2.05, 4.69) is 4.98 Å². The number of esters is 2. The lowest BCUT2D eigenvalue weighted by molar-refractivity contribution is -0.163. The van der Waals surface area contributed by atoms with Gasteiger partial charge in [0.15, 0.2) is 5.78 Å². The van der Waals surface area contributed by atoms with Gasteiger partial charge in [-0.1, -0.05) is 11.6 Å². The van der Waals surface area contributed by atoms with Gasteiger partial charge in [-0.3, -0.25) is 14.4 Å². The first-order valence-electron chi connectivity index (χ1n) is 7.08. The van der Waals surface area contributed by atoms with Crippen LogP contribution < -0.4 is 0 Å². The lowest BCUT2D eigenvalue weighted by Gasteiger charge is -2.26. The van der Waals surface area contributed by atoms with E-state index in [0.717, 1.165) is 0 Å². The number of aromatic nitrogens is 1. The minimum atomic E-state index is -1.62. The molecule has 1 aromatic heterocycles. The van der Waals surface area contributed by atoms with Crippen LogP contribution in [0.4, 0.5) is 0 Å². The first-order valence-corrected chi connectivity index (χ1v) is 7.46. The lowest BCUT2D eigenvalue weighted by atomic mass is 9.80. The third-order valence-corrected chi connectivity index (χ3v) is 3.78. The number of halogens is 1. The molecule has 0 amide bonds. The maximum atomic E-state index is 12.7. The molecular formula is C16H18ClNO5. The SMILES string of the molecule is COC(=O)C1(CC(=O)OC(C)(C)C)Cc2cc(Cl)ncc2C1=O. The van der Waals surface area contributed by atoms with Gasteiger partial charge in [-0.25, -0.2) is 4.98 Å². The molecule has 7 heteroatoms. The Hall–Kier alpha value is -1.95. The van der Waals surface area contributed by atoms with Crippen molar-refractivity contribution in [3.8, 4) is 0 Å². The molecule has 1 heterocycles. The summed E-state index contributed by atoms with van der Waals surface area (Å²) in [5.41, 5.74) is -1.48. The van der Waals surface area contributed by atoms with Crippen molar-refractivity contribution in [2.75, 3.05) is 7.11 Å². The van der Waals surface area contributed by atoms with E-state index < -0.39 is 28.7 Å². The topological polar surface area (TPSA) is 82.6 Å². The van der Waals surface area contributed by atoms with Crippen molar-refractivity contribution in [2.24, 2.45) is 5.41 Å². The molecule has 0 N–H and O–H groups in total. The first-order chi connectivity index (χ1) is 10.6. The molecule has 1 atom stereocenters. The van der Waals surface area contributed by atoms with E-state index in [1.54, 1.807) is 20.8 Å². The molecule has 1 aliphatic carbocycles. The number of hydrogen-bond donors (Lipinski definition) is 0. The minimum absolute atomic E-state index is 0.0370. The molecule has 0 fully saturated rings. The number of ether oxygens (including phenoxy) is 2. The molecular weight excluding hydrogens is 322 g/mol. The summed E-state index contributed by atoms with van der Waals surface area (Å²) in [4.78, 5) is 41.1. The van der Waals surface area contributed by atoms with Crippen molar-refractivity contribution < 1.29 is 23.9 Å². The van der Waals surface area contributed by atoms with Crippen LogP contribution in [0.5, 0.6) is 0 Å². The monoisotopic (exact) mass is 339 g/mol. The van der Waals surface area contributed by atoms with E-state index in [-0.39, 0.29) is 23.6 Å². The highest BCUT2D eigenvalue weighted by molar-refractivity contribution is 6.29. The second kappa shape index (κ2) is 5.92. The van der Waals surface area contributed by atoms with Crippen molar-refractivity contribution in [3.63, 3.8) is 0 Å². The fourth-order valence-corrected chi connectivity index (χ4v) is 2.86. The Labute approximate surface area is 139 Å². The summed E-state index contributed by atoms with van der Waals surface area (Å²) in [5, 5.41) is 0.217. The van der Waals surface area contributed by atoms with Crippen LogP contribution in [0.25, 0.3) is 0 Å². The Morgan fingerprint density at radius 2 is 2.04 bits per heavy atom. The highest BCUT2D eigenvalue weighted by atomic mass is 35.5. The number of carbonyl (C=O) groups is 3. The van der Waals surface area contributed by atoms with E-state index in [0.29, 0.717) is 5.56 Å². The highest BCUT2D eigenvalue weighted by Gasteiger charge is 2.54. The van der Waals surface area contributed by atoms with Crippen LogP contribution in [-0.4, -0.2) is 35.4 Å². The number of carbonyl (C=O) groups excluding carboxylic acids is 3. The third kappa shape index (κ3) is 3.37. The number of Topliss-reactive ketones (excluding diaryl/α,β-unsaturated/α-hetero) is 1. The predicted octanol–water partition coefficient (Wildman–Crippen LogP) is 2.37. The number of rotatable bonds is 3. The number of pyridine rings is 1. The van der Waals surface area contributed by atoms with Gasteiger partial charge in [0, 0.05) is 11.8 Å². The van der Waals surface area contributed by atoms with Crippen molar-refractivity contribution in [2.45, 2.75) is 39.2 Å². The smallest absolute Gasteiger partial charge is 0.320 e. The van der Waals surface area contributed by atoms with Crippen LogP contribution in [0.15, 0.2) is 12.3 Å². The number of nitrogens with zero attached hydrogens (tertiary/aromatic N) is 1. The molecule has 0 saturated carbocycles. The number of hydrogen-bond acceptors (Lipinski definition) is 6. The van der Waals surface area contributed by atoms with Gasteiger partial charge < -0.3 is 9.47 Å². The molecule has 0 spiro atoms. The quantitative estimate of drug-likeness (QED) is 0.477. The van der Waals surface area contributed by atoms with Gasteiger partial charge in [0.2, 0.25) is 0 Å². The van der Waals surface area contributed by atoms with E-state index in [1.165, 1.54) is 19.4 Å². The van der Waals surface area contributed by atoms with Crippen LogP contribution in [0.1, 0.15) is 43.1 Å². The number of methoxy groups -OCH3 is 1. The van der Waals surface area contributed by atoms with E-state index >= 15 is 0 Å². The Balaban J connectivity index is 2.38. The van der Waals surface area contributed by atoms with E-state index in [9.17, 15) is 14.4 Å². The normalized spacial score (nSPS) is 20.1. The van der Waals surface area contributed by atoms with E-state index in [4.69, 9.17) is 21.1 Å². The number of fused-ring (bicyclic) bond motifs is 1. The molecule has 124 valence electrons. The lowest BCUT2D eigenvalue weighted by Crippen LogP contribution is -2.41. The summed E-state index contributed by atoms with van der Waals surface area (Å²) in [6, 6.07) is 1.52. The van der Waals surface area contributed by atoms with Gasteiger partial charge in [0.05, 0.1) is 13.5 Å². The van der Waals surface area contributed by atoms with Crippen LogP contribution in [0.2, 0.25) is 5.15 Å². The largest absolute Gasteiger partial charge is 0.468 e. The predicted molar refractivity (Wildman–Crippen MR) is 82.2 cm³/mol. The second-order valence-corrected chi connectivity index (χ2v) is 6.89. The Morgan fingerprint density at radius 1 is 1.39 bits per heavy atom. The van der Waals surface area contributed by atoms with Gasteiger partial charge in [-0.2, -0.15) is 0 Å². The molecule has 2 rings (SSSR count). The fraction of sp³-hybridized carbons (Fsp3) is 0.500. The molecule has 1 aliphatic rings. The number of ketones is 1. The maximum absolute atomic E-state index is 12.7. The first kappa shape index (κ1) is 17.4. The van der Waals surface area contributed by atoms with Crippen LogP contribution in [0.3, 0.4) is 0 Å². The van der Waals surface area contributed by atoms with Gasteiger partial charge in [0.25, 0.3) is 0 Å². The molecule has 0 radical (unpaired) electrons. The van der Waals surface area contributed by atoms with Crippen molar-refractivity contribution in [3.05, 3.63) is 28.5 Å². The minimum Gasteiger partial charge on any atom is -0.468 e. The van der Waals surface area contributed by atoms with Gasteiger partial charge in [0.1, 0.15) is 16.2 Å². The van der Waals surface area contributed by atoms with Crippen molar-refractivity contribution >= 4 is 29.3 Å². The van der Waals surface area contributed by atoms with Crippen LogP contribution >= 0.6 is 11.6 Å². The summed E-state index contributed by atoms with van der Waals surface area (Å²) in [6.07, 6.45) is 0.969. The zero-order valence-corrected chi connectivity index (χ0v) is 14.2. The average Bonchev–Trinajstić information content (AvgIpc) is 2.68. The fourth-order valence-electron chi connectivity index (χ4n) is 2.68. The Bertz CT molecular complexity index is 680. The van der Waals surface area contributed by atoms with Gasteiger partial charge in [-0.05, 0) is 38.8 Å². The molecule has 1 unspecified atom stereocenters. The van der Waals surface area contributed by atoms with Gasteiger partial charge >= 0.3 is 11.9 Å². The third-order valence-electron chi connectivity index (χ3n) is 3.57. The molecule has 0 saturated heterocycles. The maximum Gasteiger partial charge on any atom is 0.320 e. The van der Waals surface area contributed by atoms with Crippen molar-refractivity contribution in [1.29, 1.82) is 0 Å². The highest BCUT2D eigenvalue weighted by Crippen LogP contribution is 2.41. The Morgan fingerprint density at radius 3 is 2.61 bits per heavy atom. The zero-order valence-electron chi connectivity index (χ0n) is 13.4. The summed E-state index contributed by atoms with van der Waals surface area (Å²) in [7, 11) is 1.18. The van der Waals surface area contributed by atoms with Crippen LogP contribution in [0, 0.1) is 5.41 Å². The summed E-state index contributed by atoms with van der Waals surface area (Å²) in [6.45, 7) is 5.14. The standard InChI is InChI=1S/C16H18ClNO5/c1-15(2,3)23-12(19)7-16(14(21)22-4)6-9-5-11(17)18-8-10(9)13(16)20/h5,8H,6-7H2,1-4H3.